The minimum absolute atomic E-state index is 0.129. The minimum atomic E-state index is -0.195. The lowest BCUT2D eigenvalue weighted by Gasteiger charge is -2.31. The number of fused-ring (bicyclic) bond motifs is 1. The fourth-order valence-corrected chi connectivity index (χ4v) is 5.32. The molecule has 1 saturated heterocycles. The van der Waals surface area contributed by atoms with Gasteiger partial charge in [0.2, 0.25) is 0 Å². The van der Waals surface area contributed by atoms with Gasteiger partial charge in [-0.1, -0.05) is 23.9 Å². The number of likely N-dealkylation sites (tertiary alicyclic amines) is 1. The fourth-order valence-electron chi connectivity index (χ4n) is 3.26. The molecule has 140 valence electrons. The summed E-state index contributed by atoms with van der Waals surface area (Å²) in [7, 11) is 0. The average molecular weight is 401 g/mol. The number of rotatable bonds is 4. The van der Waals surface area contributed by atoms with Crippen molar-refractivity contribution in [3.63, 3.8) is 0 Å². The molecule has 0 atom stereocenters. The van der Waals surface area contributed by atoms with Crippen molar-refractivity contribution in [3.05, 3.63) is 57.4 Å². The third-order valence-electron chi connectivity index (χ3n) is 4.79. The van der Waals surface area contributed by atoms with Crippen LogP contribution in [0.5, 0.6) is 0 Å². The predicted molar refractivity (Wildman–Crippen MR) is 109 cm³/mol. The Labute approximate surface area is 165 Å². The summed E-state index contributed by atoms with van der Waals surface area (Å²) in [6.07, 6.45) is 1.92. The topological polar surface area (TPSA) is 63.4 Å². The number of amides is 1. The van der Waals surface area contributed by atoms with Crippen LogP contribution in [0.2, 0.25) is 0 Å². The molecular formula is C20H20N2O3S2. The lowest BCUT2D eigenvalue weighted by atomic mass is 9.99. The van der Waals surface area contributed by atoms with Crippen LogP contribution in [-0.2, 0) is 0 Å². The van der Waals surface area contributed by atoms with E-state index in [1.165, 1.54) is 6.07 Å². The van der Waals surface area contributed by atoms with Gasteiger partial charge in [0, 0.05) is 36.0 Å². The molecule has 3 aromatic rings. The van der Waals surface area contributed by atoms with Crippen molar-refractivity contribution in [2.24, 2.45) is 5.92 Å². The monoisotopic (exact) mass is 400 g/mol. The van der Waals surface area contributed by atoms with Crippen LogP contribution in [0.1, 0.15) is 29.1 Å². The van der Waals surface area contributed by atoms with E-state index in [4.69, 9.17) is 4.42 Å². The summed E-state index contributed by atoms with van der Waals surface area (Å²) in [5.41, 5.74) is 1.35. The van der Waals surface area contributed by atoms with Gasteiger partial charge in [0.15, 0.2) is 11.2 Å². The second kappa shape index (κ2) is 7.86. The van der Waals surface area contributed by atoms with E-state index < -0.39 is 0 Å². The zero-order valence-corrected chi connectivity index (χ0v) is 16.6. The van der Waals surface area contributed by atoms with E-state index in [2.05, 4.69) is 10.4 Å². The summed E-state index contributed by atoms with van der Waals surface area (Å²) >= 11 is 3.49. The van der Waals surface area contributed by atoms with Gasteiger partial charge in [0.1, 0.15) is 9.92 Å². The van der Waals surface area contributed by atoms with Gasteiger partial charge in [0.25, 0.3) is 5.91 Å². The number of aromatic nitrogens is 1. The molecule has 1 aliphatic heterocycles. The summed E-state index contributed by atoms with van der Waals surface area (Å²) in [6, 6.07) is 8.33. The van der Waals surface area contributed by atoms with Crippen molar-refractivity contribution in [1.82, 2.24) is 9.88 Å². The third-order valence-corrected chi connectivity index (χ3v) is 7.16. The van der Waals surface area contributed by atoms with Gasteiger partial charge in [-0.05, 0) is 37.8 Å². The molecule has 1 aromatic carbocycles. The molecule has 4 rings (SSSR count). The van der Waals surface area contributed by atoms with Gasteiger partial charge in [-0.15, -0.1) is 11.3 Å². The Bertz CT molecular complexity index is 1020. The van der Waals surface area contributed by atoms with Gasteiger partial charge < -0.3 is 9.32 Å². The predicted octanol–water partition coefficient (Wildman–Crippen LogP) is 4.20. The summed E-state index contributed by atoms with van der Waals surface area (Å²) < 4.78 is 6.80. The number of para-hydroxylation sites is 1. The van der Waals surface area contributed by atoms with Crippen molar-refractivity contribution in [2.75, 3.05) is 18.8 Å². The number of hydrogen-bond acceptors (Lipinski definition) is 6. The van der Waals surface area contributed by atoms with E-state index >= 15 is 0 Å². The van der Waals surface area contributed by atoms with Crippen LogP contribution in [-0.4, -0.2) is 34.6 Å². The molecular weight excluding hydrogens is 380 g/mol. The SMILES string of the molecule is Cc1csc(SCC2CCN(C(=O)c3cc(=O)c4ccccc4o3)CC2)n1. The third kappa shape index (κ3) is 4.09. The van der Waals surface area contributed by atoms with Crippen LogP contribution in [0, 0.1) is 12.8 Å². The molecule has 3 heterocycles. The molecule has 0 N–H and O–H groups in total. The van der Waals surface area contributed by atoms with Crippen molar-refractivity contribution >= 4 is 40.0 Å². The van der Waals surface area contributed by atoms with Crippen LogP contribution >= 0.6 is 23.1 Å². The summed E-state index contributed by atoms with van der Waals surface area (Å²) in [5, 5.41) is 2.57. The standard InChI is InChI=1S/C20H20N2O3S2/c1-13-11-26-20(21-13)27-12-14-6-8-22(9-7-14)19(24)18-10-16(23)15-4-2-3-5-17(15)25-18/h2-5,10-11,14H,6-9,12H2,1H3. The maximum absolute atomic E-state index is 12.8. The maximum atomic E-state index is 12.8. The van der Waals surface area contributed by atoms with E-state index in [1.54, 1.807) is 52.3 Å². The van der Waals surface area contributed by atoms with Gasteiger partial charge in [-0.2, -0.15) is 0 Å². The van der Waals surface area contributed by atoms with E-state index in [0.717, 1.165) is 28.6 Å². The van der Waals surface area contributed by atoms with Gasteiger partial charge in [-0.25, -0.2) is 4.98 Å². The van der Waals surface area contributed by atoms with E-state index in [-0.39, 0.29) is 17.1 Å². The van der Waals surface area contributed by atoms with E-state index in [9.17, 15) is 9.59 Å². The minimum Gasteiger partial charge on any atom is -0.451 e. The number of thioether (sulfide) groups is 1. The lowest BCUT2D eigenvalue weighted by molar-refractivity contribution is 0.0667. The summed E-state index contributed by atoms with van der Waals surface area (Å²) in [4.78, 5) is 31.3. The van der Waals surface area contributed by atoms with Crippen molar-refractivity contribution in [1.29, 1.82) is 0 Å². The Kier molecular flexibility index (Phi) is 5.31. The highest BCUT2D eigenvalue weighted by atomic mass is 32.2. The molecule has 0 bridgehead atoms. The molecule has 7 heteroatoms. The quantitative estimate of drug-likeness (QED) is 0.614. The number of benzene rings is 1. The van der Waals surface area contributed by atoms with Crippen LogP contribution in [0.25, 0.3) is 11.0 Å². The first-order chi connectivity index (χ1) is 13.1. The van der Waals surface area contributed by atoms with Crippen LogP contribution in [0.15, 0.2) is 49.3 Å². The molecule has 1 amide bonds. The largest absolute Gasteiger partial charge is 0.451 e. The Morgan fingerprint density at radius 2 is 2.11 bits per heavy atom. The maximum Gasteiger partial charge on any atom is 0.289 e. The Hall–Kier alpha value is -2.12. The molecule has 0 spiro atoms. The Morgan fingerprint density at radius 1 is 1.33 bits per heavy atom. The number of thiazole rings is 1. The fraction of sp³-hybridized carbons (Fsp3) is 0.350. The van der Waals surface area contributed by atoms with Crippen molar-refractivity contribution in [2.45, 2.75) is 24.1 Å². The van der Waals surface area contributed by atoms with Crippen molar-refractivity contribution < 1.29 is 9.21 Å². The van der Waals surface area contributed by atoms with Crippen LogP contribution in [0.4, 0.5) is 0 Å². The average Bonchev–Trinajstić information content (AvgIpc) is 3.11. The number of carbonyl (C=O) groups excluding carboxylic acids is 1. The zero-order valence-electron chi connectivity index (χ0n) is 15.0. The number of aryl methyl sites for hydroxylation is 1. The Balaban J connectivity index is 1.38. The molecule has 1 fully saturated rings. The molecule has 27 heavy (non-hydrogen) atoms. The molecule has 2 aromatic heterocycles. The molecule has 0 saturated carbocycles. The highest BCUT2D eigenvalue weighted by Gasteiger charge is 2.25. The summed E-state index contributed by atoms with van der Waals surface area (Å²) in [5.74, 6) is 1.54. The summed E-state index contributed by atoms with van der Waals surface area (Å²) in [6.45, 7) is 3.39. The number of hydrogen-bond donors (Lipinski definition) is 0. The van der Waals surface area contributed by atoms with Gasteiger partial charge in [0.05, 0.1) is 5.39 Å². The lowest BCUT2D eigenvalue weighted by Crippen LogP contribution is -2.39. The first-order valence-corrected chi connectivity index (χ1v) is 10.8. The van der Waals surface area contributed by atoms with Gasteiger partial charge >= 0.3 is 0 Å². The smallest absolute Gasteiger partial charge is 0.289 e. The molecule has 0 radical (unpaired) electrons. The first-order valence-electron chi connectivity index (χ1n) is 8.97. The molecule has 0 aliphatic carbocycles. The normalized spacial score (nSPS) is 15.4. The highest BCUT2D eigenvalue weighted by Crippen LogP contribution is 2.29. The van der Waals surface area contributed by atoms with Crippen LogP contribution in [0.3, 0.4) is 0 Å². The molecule has 5 nitrogen and oxygen atoms in total. The molecule has 1 aliphatic rings. The first kappa shape index (κ1) is 18.3. The second-order valence-corrected chi connectivity index (χ2v) is 8.90. The number of nitrogens with zero attached hydrogens (tertiary/aromatic N) is 2. The molecule has 0 unspecified atom stereocenters. The van der Waals surface area contributed by atoms with Crippen molar-refractivity contribution in [3.8, 4) is 0 Å². The van der Waals surface area contributed by atoms with E-state index in [1.807, 2.05) is 6.92 Å². The highest BCUT2D eigenvalue weighted by molar-refractivity contribution is 8.01. The second-order valence-electron chi connectivity index (χ2n) is 6.77. The Morgan fingerprint density at radius 3 is 2.85 bits per heavy atom. The zero-order chi connectivity index (χ0) is 18.8. The number of carbonyl (C=O) groups is 1. The number of piperidine rings is 1. The van der Waals surface area contributed by atoms with Crippen LogP contribution < -0.4 is 5.43 Å². The van der Waals surface area contributed by atoms with E-state index in [0.29, 0.717) is 30.0 Å². The van der Waals surface area contributed by atoms with Gasteiger partial charge in [-0.3, -0.25) is 9.59 Å².